The van der Waals surface area contributed by atoms with Gasteiger partial charge in [0.15, 0.2) is 6.17 Å². The molecule has 11 heavy (non-hydrogen) atoms. The number of hydrogen-bond donors (Lipinski definition) is 1. The molecule has 1 heterocycles. The van der Waals surface area contributed by atoms with Gasteiger partial charge in [-0.15, -0.1) is 10.2 Å². The molecule has 7 heteroatoms. The molecule has 0 fully saturated rings. The predicted molar refractivity (Wildman–Crippen MR) is 33.6 cm³/mol. The zero-order chi connectivity index (χ0) is 7.82. The Hall–Kier alpha value is -0.330. The van der Waals surface area contributed by atoms with Crippen LogP contribution in [0, 0.1) is 0 Å². The van der Waals surface area contributed by atoms with Crippen molar-refractivity contribution in [2.24, 2.45) is 20.7 Å². The van der Waals surface area contributed by atoms with E-state index in [-0.39, 0.29) is 43.6 Å². The van der Waals surface area contributed by atoms with E-state index in [1.165, 1.54) is 0 Å². The molecule has 58 valence electrons. The average molecular weight is 168 g/mol. The maximum Gasteiger partial charge on any atom is 1.00 e. The number of hydrogen-bond acceptors (Lipinski definition) is 5. The minimum atomic E-state index is -0.250. The molecular formula is C4H9N4NaO2. The molecule has 0 aromatic rings. The van der Waals surface area contributed by atoms with E-state index >= 15 is 0 Å². The van der Waals surface area contributed by atoms with Crippen LogP contribution in [0.5, 0.6) is 0 Å². The zero-order valence-corrected chi connectivity index (χ0v) is 8.51. The molecule has 1 aliphatic rings. The van der Waals surface area contributed by atoms with E-state index in [4.69, 9.17) is 9.90 Å². The Morgan fingerprint density at radius 1 is 1.55 bits per heavy atom. The van der Waals surface area contributed by atoms with Crippen molar-refractivity contribution in [3.63, 3.8) is 0 Å². The quantitative estimate of drug-likeness (QED) is 0.376. The van der Waals surface area contributed by atoms with Crippen LogP contribution >= 0.6 is 0 Å². The van der Waals surface area contributed by atoms with Crippen LogP contribution in [0.25, 0.3) is 0 Å². The molecule has 1 N–H and O–H groups in total. The summed E-state index contributed by atoms with van der Waals surface area (Å²) in [6.45, 7) is 1.74. The molecule has 1 aliphatic heterocycles. The van der Waals surface area contributed by atoms with Gasteiger partial charge in [-0.05, 0) is 16.9 Å². The first-order valence-corrected chi connectivity index (χ1v) is 2.73. The van der Waals surface area contributed by atoms with Crippen LogP contribution in [0.15, 0.2) is 20.7 Å². The number of carboxylic acid groups (broad SMARTS) is 1. The molecule has 0 aliphatic carbocycles. The maximum absolute atomic E-state index is 8.36. The van der Waals surface area contributed by atoms with Gasteiger partial charge < -0.3 is 6.53 Å². The Balaban J connectivity index is -0.000000146. The molecule has 6 nitrogen and oxygen atoms in total. The average Bonchev–Trinajstić information content (AvgIpc) is 2.39. The summed E-state index contributed by atoms with van der Waals surface area (Å²) in [6.07, 6.45) is 0.910. The van der Waals surface area contributed by atoms with E-state index < -0.39 is 0 Å². The summed E-state index contributed by atoms with van der Waals surface area (Å²) in [4.78, 5) is 8.36. The number of carbonyl (C=O) groups is 1. The Bertz CT molecular complexity index is 142. The molecule has 0 bridgehead atoms. The van der Waals surface area contributed by atoms with Crippen LogP contribution in [0.4, 0.5) is 0 Å². The van der Waals surface area contributed by atoms with E-state index in [1.54, 1.807) is 0 Å². The van der Waals surface area contributed by atoms with Crippen LogP contribution in [-0.2, 0) is 4.79 Å². The van der Waals surface area contributed by atoms with Gasteiger partial charge in [-0.3, -0.25) is 4.79 Å². The molecule has 0 unspecified atom stereocenters. The normalized spacial score (nSPS) is 13.2. The third-order valence-corrected chi connectivity index (χ3v) is 0.775. The van der Waals surface area contributed by atoms with Gasteiger partial charge in [0, 0.05) is 0 Å². The fraction of sp³-hybridized carbons (Fsp3) is 0.750. The van der Waals surface area contributed by atoms with Crippen molar-refractivity contribution in [1.29, 1.82) is 0 Å². The molecule has 0 spiro atoms. The van der Waals surface area contributed by atoms with Gasteiger partial charge in [0.25, 0.3) is 6.47 Å². The molecule has 0 saturated carbocycles. The number of nitrogens with zero attached hydrogens (tertiary/aromatic N) is 4. The first kappa shape index (κ1) is 13.3. The van der Waals surface area contributed by atoms with Crippen molar-refractivity contribution >= 4 is 6.47 Å². The van der Waals surface area contributed by atoms with Crippen LogP contribution in [0.1, 0.15) is 14.8 Å². The van der Waals surface area contributed by atoms with E-state index in [1.807, 2.05) is 6.92 Å². The summed E-state index contributed by atoms with van der Waals surface area (Å²) >= 11 is 0. The van der Waals surface area contributed by atoms with Crippen molar-refractivity contribution < 1.29 is 40.9 Å². The molecule has 0 aromatic heterocycles. The summed E-state index contributed by atoms with van der Waals surface area (Å²) < 4.78 is 0. The zero-order valence-electron chi connectivity index (χ0n) is 7.51. The van der Waals surface area contributed by atoms with E-state index in [2.05, 4.69) is 20.7 Å². The Kier molecular flexibility index (Phi) is 11.7. The van der Waals surface area contributed by atoms with Crippen molar-refractivity contribution in [2.45, 2.75) is 19.5 Å². The van der Waals surface area contributed by atoms with Gasteiger partial charge in [-0.2, -0.15) is 0 Å². The summed E-state index contributed by atoms with van der Waals surface area (Å²) in [5.74, 6) is 0. The largest absolute Gasteiger partial charge is 1.00 e. The second-order valence-electron chi connectivity index (χ2n) is 1.40. The third kappa shape index (κ3) is 7.57. The van der Waals surface area contributed by atoms with Gasteiger partial charge >= 0.3 is 29.6 Å². The Morgan fingerprint density at radius 2 is 1.91 bits per heavy atom. The first-order chi connectivity index (χ1) is 4.85. The number of rotatable bonds is 1. The topological polar surface area (TPSA) is 86.7 Å². The fourth-order valence-corrected chi connectivity index (χ4v) is 0.352. The van der Waals surface area contributed by atoms with Crippen molar-refractivity contribution in [1.82, 2.24) is 0 Å². The molecule has 0 atom stereocenters. The molecular weight excluding hydrogens is 159 g/mol. The van der Waals surface area contributed by atoms with Crippen LogP contribution in [0.2, 0.25) is 0 Å². The molecule has 0 radical (unpaired) electrons. The van der Waals surface area contributed by atoms with Gasteiger partial charge in [-0.1, -0.05) is 6.92 Å². The standard InChI is InChI=1S/C3H6N4.CH2O2.Na.H/c1-2-3-4-6-7-5-3;2-1-3;;/h3H,2H2,1H3;1H,(H,2,3);;/q;;+1;-1. The van der Waals surface area contributed by atoms with Crippen LogP contribution in [0.3, 0.4) is 0 Å². The fourth-order valence-electron chi connectivity index (χ4n) is 0.352. The second kappa shape index (κ2) is 9.67. The van der Waals surface area contributed by atoms with Crippen molar-refractivity contribution in [3.8, 4) is 0 Å². The van der Waals surface area contributed by atoms with Crippen LogP contribution in [-0.4, -0.2) is 17.7 Å². The molecule has 0 amide bonds. The Labute approximate surface area is 87.6 Å². The van der Waals surface area contributed by atoms with Gasteiger partial charge in [0.05, 0.1) is 0 Å². The monoisotopic (exact) mass is 168 g/mol. The van der Waals surface area contributed by atoms with E-state index in [0.29, 0.717) is 0 Å². The second-order valence-corrected chi connectivity index (χ2v) is 1.40. The molecule has 0 saturated heterocycles. The van der Waals surface area contributed by atoms with E-state index in [0.717, 1.165) is 6.42 Å². The molecule has 0 aromatic carbocycles. The predicted octanol–water partition coefficient (Wildman–Crippen LogP) is -1.63. The van der Waals surface area contributed by atoms with Crippen molar-refractivity contribution in [3.05, 3.63) is 0 Å². The van der Waals surface area contributed by atoms with Gasteiger partial charge in [0.2, 0.25) is 0 Å². The minimum absolute atomic E-state index is 0. The van der Waals surface area contributed by atoms with Crippen molar-refractivity contribution in [2.75, 3.05) is 0 Å². The smallest absolute Gasteiger partial charge is 1.00 e. The van der Waals surface area contributed by atoms with Gasteiger partial charge in [-0.25, -0.2) is 0 Å². The summed E-state index contributed by atoms with van der Waals surface area (Å²) in [5.41, 5.74) is 0. The van der Waals surface area contributed by atoms with Crippen LogP contribution < -0.4 is 29.6 Å². The third-order valence-electron chi connectivity index (χ3n) is 0.775. The summed E-state index contributed by atoms with van der Waals surface area (Å²) in [6, 6.07) is 0. The minimum Gasteiger partial charge on any atom is -1.00 e. The summed E-state index contributed by atoms with van der Waals surface area (Å²) in [7, 11) is 0. The summed E-state index contributed by atoms with van der Waals surface area (Å²) in [5, 5.41) is 20.8. The van der Waals surface area contributed by atoms with Gasteiger partial charge in [0.1, 0.15) is 0 Å². The Morgan fingerprint density at radius 3 is 2.09 bits per heavy atom. The maximum atomic E-state index is 8.36. The SMILES string of the molecule is CCC1N=NN=N1.O=CO.[H-].[Na+]. The molecule has 1 rings (SSSR count). The first-order valence-electron chi connectivity index (χ1n) is 2.73. The van der Waals surface area contributed by atoms with E-state index in [9.17, 15) is 0 Å².